The van der Waals surface area contributed by atoms with Crippen LogP contribution in [0.4, 0.5) is 0 Å². The predicted molar refractivity (Wildman–Crippen MR) is 65.7 cm³/mol. The molecule has 6 heteroatoms. The van der Waals surface area contributed by atoms with Gasteiger partial charge in [0.1, 0.15) is 6.34 Å². The quantitative estimate of drug-likeness (QED) is 0.706. The van der Waals surface area contributed by atoms with Crippen LogP contribution in [0, 0.1) is 0 Å². The van der Waals surface area contributed by atoms with Crippen molar-refractivity contribution in [2.75, 3.05) is 32.8 Å². The Hall–Kier alpha value is -1.40. The van der Waals surface area contributed by atoms with Gasteiger partial charge in [0.2, 0.25) is 0 Å². The number of nitrogens with two attached hydrogens (primary N) is 1. The molecule has 3 aliphatic heterocycles. The number of hydrazone groups is 1. The summed E-state index contributed by atoms with van der Waals surface area (Å²) in [4.78, 5) is 6.43. The van der Waals surface area contributed by atoms with Crippen LogP contribution < -0.4 is 5.73 Å². The molecule has 0 aromatic heterocycles. The number of amidine groups is 1. The summed E-state index contributed by atoms with van der Waals surface area (Å²) in [5.41, 5.74) is 6.79. The molecule has 0 aromatic rings. The highest BCUT2D eigenvalue weighted by molar-refractivity contribution is 6.02. The number of nitrogens with zero attached hydrogens (tertiary/aromatic N) is 4. The van der Waals surface area contributed by atoms with Gasteiger partial charge in [-0.05, 0) is 6.42 Å². The SMILES string of the molecule is NC1=NC=NN2C1=CCC2CN1CCOCC1. The van der Waals surface area contributed by atoms with Crippen molar-refractivity contribution in [1.82, 2.24) is 9.91 Å². The Kier molecular flexibility index (Phi) is 2.82. The molecule has 1 unspecified atom stereocenters. The third kappa shape index (κ3) is 2.05. The zero-order valence-corrected chi connectivity index (χ0v) is 9.75. The highest BCUT2D eigenvalue weighted by Crippen LogP contribution is 2.25. The van der Waals surface area contributed by atoms with E-state index in [9.17, 15) is 0 Å². The Bertz CT molecular complexity index is 383. The topological polar surface area (TPSA) is 66.5 Å². The highest BCUT2D eigenvalue weighted by atomic mass is 16.5. The zero-order valence-electron chi connectivity index (χ0n) is 9.75. The molecule has 0 aliphatic carbocycles. The van der Waals surface area contributed by atoms with Crippen molar-refractivity contribution < 1.29 is 4.74 Å². The van der Waals surface area contributed by atoms with Gasteiger partial charge in [0, 0.05) is 19.6 Å². The van der Waals surface area contributed by atoms with E-state index >= 15 is 0 Å². The summed E-state index contributed by atoms with van der Waals surface area (Å²) >= 11 is 0. The molecule has 1 atom stereocenters. The number of morpholine rings is 1. The molecule has 2 N–H and O–H groups in total. The number of hydrogen-bond donors (Lipinski definition) is 1. The molecule has 0 aromatic carbocycles. The van der Waals surface area contributed by atoms with Gasteiger partial charge in [0.25, 0.3) is 0 Å². The average molecular weight is 235 g/mol. The van der Waals surface area contributed by atoms with Crippen LogP contribution in [0.2, 0.25) is 0 Å². The van der Waals surface area contributed by atoms with Crippen molar-refractivity contribution in [1.29, 1.82) is 0 Å². The first-order chi connectivity index (χ1) is 8.34. The minimum Gasteiger partial charge on any atom is -0.382 e. The Morgan fingerprint density at radius 3 is 3.06 bits per heavy atom. The molecule has 1 fully saturated rings. The molecule has 92 valence electrons. The number of rotatable bonds is 2. The lowest BCUT2D eigenvalue weighted by molar-refractivity contribution is 0.0280. The first-order valence-corrected chi connectivity index (χ1v) is 6.00. The summed E-state index contributed by atoms with van der Waals surface area (Å²) < 4.78 is 5.35. The monoisotopic (exact) mass is 235 g/mol. The van der Waals surface area contributed by atoms with Crippen LogP contribution in [-0.2, 0) is 4.74 Å². The van der Waals surface area contributed by atoms with Gasteiger partial charge in [-0.2, -0.15) is 5.10 Å². The van der Waals surface area contributed by atoms with Crippen molar-refractivity contribution in [2.24, 2.45) is 15.8 Å². The summed E-state index contributed by atoms with van der Waals surface area (Å²) in [5.74, 6) is 0.574. The number of ether oxygens (including phenoxy) is 1. The average Bonchev–Trinajstić information content (AvgIpc) is 2.76. The van der Waals surface area contributed by atoms with Gasteiger partial charge in [-0.3, -0.25) is 9.91 Å². The summed E-state index contributed by atoms with van der Waals surface area (Å²) in [6.45, 7) is 4.69. The molecule has 0 spiro atoms. The summed E-state index contributed by atoms with van der Waals surface area (Å²) in [6.07, 6.45) is 4.64. The molecule has 0 bridgehead atoms. The molecule has 0 amide bonds. The minimum atomic E-state index is 0.383. The van der Waals surface area contributed by atoms with Gasteiger partial charge < -0.3 is 10.5 Å². The van der Waals surface area contributed by atoms with Gasteiger partial charge in [0.15, 0.2) is 5.84 Å². The summed E-state index contributed by atoms with van der Waals surface area (Å²) in [5, 5.41) is 6.30. The maximum atomic E-state index is 5.83. The van der Waals surface area contributed by atoms with E-state index in [1.807, 2.05) is 5.01 Å². The molecular weight excluding hydrogens is 218 g/mol. The molecule has 3 heterocycles. The summed E-state index contributed by atoms with van der Waals surface area (Å²) in [7, 11) is 0. The second-order valence-electron chi connectivity index (χ2n) is 4.48. The predicted octanol–water partition coefficient (Wildman–Crippen LogP) is -0.409. The van der Waals surface area contributed by atoms with Crippen LogP contribution in [0.3, 0.4) is 0 Å². The number of fused-ring (bicyclic) bond motifs is 1. The van der Waals surface area contributed by atoms with E-state index in [0.29, 0.717) is 11.9 Å². The van der Waals surface area contributed by atoms with E-state index in [1.165, 1.54) is 6.34 Å². The molecule has 3 rings (SSSR count). The molecule has 0 saturated carbocycles. The lowest BCUT2D eigenvalue weighted by atomic mass is 10.2. The van der Waals surface area contributed by atoms with Crippen molar-refractivity contribution in [3.05, 3.63) is 11.8 Å². The Morgan fingerprint density at radius 2 is 2.24 bits per heavy atom. The van der Waals surface area contributed by atoms with Crippen LogP contribution in [0.15, 0.2) is 21.9 Å². The van der Waals surface area contributed by atoms with Gasteiger partial charge in [-0.1, -0.05) is 6.08 Å². The molecular formula is C11H17N5O. The first-order valence-electron chi connectivity index (χ1n) is 6.00. The Morgan fingerprint density at radius 1 is 1.41 bits per heavy atom. The highest BCUT2D eigenvalue weighted by Gasteiger charge is 2.30. The standard InChI is InChI=1S/C11H17N5O/c12-11-10-2-1-9(16(10)14-8-13-11)7-15-3-5-17-6-4-15/h2,8-9H,1,3-7H2,(H2,12,13,14). The number of aliphatic imine (C=N–C) groups is 1. The van der Waals surface area contributed by atoms with E-state index in [-0.39, 0.29) is 0 Å². The molecule has 1 saturated heterocycles. The van der Waals surface area contributed by atoms with Crippen molar-refractivity contribution in [3.63, 3.8) is 0 Å². The van der Waals surface area contributed by atoms with Gasteiger partial charge in [-0.25, -0.2) is 4.99 Å². The van der Waals surface area contributed by atoms with Crippen LogP contribution >= 0.6 is 0 Å². The fraction of sp³-hybridized carbons (Fsp3) is 0.636. The van der Waals surface area contributed by atoms with E-state index < -0.39 is 0 Å². The second-order valence-corrected chi connectivity index (χ2v) is 4.48. The smallest absolute Gasteiger partial charge is 0.150 e. The van der Waals surface area contributed by atoms with Crippen molar-refractivity contribution in [2.45, 2.75) is 12.5 Å². The van der Waals surface area contributed by atoms with Crippen LogP contribution in [0.25, 0.3) is 0 Å². The number of hydrogen-bond acceptors (Lipinski definition) is 6. The van der Waals surface area contributed by atoms with E-state index in [4.69, 9.17) is 10.5 Å². The molecule has 3 aliphatic rings. The molecule has 6 nitrogen and oxygen atoms in total. The fourth-order valence-corrected chi connectivity index (χ4v) is 2.46. The van der Waals surface area contributed by atoms with Gasteiger partial charge in [-0.15, -0.1) is 0 Å². The minimum absolute atomic E-state index is 0.383. The van der Waals surface area contributed by atoms with Crippen LogP contribution in [0.1, 0.15) is 6.42 Å². The second kappa shape index (κ2) is 4.46. The van der Waals surface area contributed by atoms with Crippen LogP contribution in [0.5, 0.6) is 0 Å². The lowest BCUT2D eigenvalue weighted by Gasteiger charge is -2.33. The van der Waals surface area contributed by atoms with Gasteiger partial charge >= 0.3 is 0 Å². The maximum absolute atomic E-state index is 5.83. The first kappa shape index (κ1) is 10.7. The third-order valence-electron chi connectivity index (χ3n) is 3.38. The maximum Gasteiger partial charge on any atom is 0.150 e. The van der Waals surface area contributed by atoms with Crippen LogP contribution in [-0.4, -0.2) is 61.0 Å². The molecule has 0 radical (unpaired) electrons. The lowest BCUT2D eigenvalue weighted by Crippen LogP contribution is -2.45. The van der Waals surface area contributed by atoms with E-state index in [2.05, 4.69) is 21.1 Å². The normalized spacial score (nSPS) is 28.9. The summed E-state index contributed by atoms with van der Waals surface area (Å²) in [6, 6.07) is 0.383. The third-order valence-corrected chi connectivity index (χ3v) is 3.38. The zero-order chi connectivity index (χ0) is 11.7. The van der Waals surface area contributed by atoms with E-state index in [0.717, 1.165) is 45.0 Å². The fourth-order valence-electron chi connectivity index (χ4n) is 2.46. The Balaban J connectivity index is 1.63. The molecule has 17 heavy (non-hydrogen) atoms. The largest absolute Gasteiger partial charge is 0.382 e. The van der Waals surface area contributed by atoms with E-state index in [1.54, 1.807) is 0 Å². The van der Waals surface area contributed by atoms with Crippen molar-refractivity contribution in [3.8, 4) is 0 Å². The van der Waals surface area contributed by atoms with Crippen molar-refractivity contribution >= 4 is 12.2 Å². The van der Waals surface area contributed by atoms with Gasteiger partial charge in [0.05, 0.1) is 25.0 Å². The Labute approximate surface area is 100 Å².